The first kappa shape index (κ1) is 15.0. The summed E-state index contributed by atoms with van der Waals surface area (Å²) in [6.45, 7) is 4.18. The molecule has 3 rings (SSSR count). The van der Waals surface area contributed by atoms with Gasteiger partial charge in [0.05, 0.1) is 32.0 Å². The third-order valence-corrected chi connectivity index (χ3v) is 4.58. The van der Waals surface area contributed by atoms with Crippen LogP contribution in [0, 0.1) is 0 Å². The van der Waals surface area contributed by atoms with Crippen molar-refractivity contribution in [3.05, 3.63) is 35.9 Å². The maximum absolute atomic E-state index is 5.90. The van der Waals surface area contributed by atoms with Crippen LogP contribution in [0.3, 0.4) is 0 Å². The SMILES string of the molecule is CO[C@@H]1[C@H]2CC[C@H]1OCCN2CCOCc1ccccc1. The van der Waals surface area contributed by atoms with Crippen molar-refractivity contribution < 1.29 is 14.2 Å². The number of hydrogen-bond acceptors (Lipinski definition) is 4. The Morgan fingerprint density at radius 3 is 2.90 bits per heavy atom. The van der Waals surface area contributed by atoms with Crippen molar-refractivity contribution in [2.75, 3.05) is 33.4 Å². The Hall–Kier alpha value is -0.940. The molecule has 1 saturated carbocycles. The summed E-state index contributed by atoms with van der Waals surface area (Å²) in [6, 6.07) is 10.8. The predicted octanol–water partition coefficient (Wildman–Crippen LogP) is 2.08. The number of ether oxygens (including phenoxy) is 3. The van der Waals surface area contributed by atoms with Gasteiger partial charge < -0.3 is 14.2 Å². The van der Waals surface area contributed by atoms with Gasteiger partial charge in [-0.2, -0.15) is 0 Å². The summed E-state index contributed by atoms with van der Waals surface area (Å²) in [5.74, 6) is 0. The second kappa shape index (κ2) is 7.36. The molecule has 1 aromatic carbocycles. The lowest BCUT2D eigenvalue weighted by Crippen LogP contribution is -2.44. The molecule has 2 fully saturated rings. The number of benzene rings is 1. The minimum absolute atomic E-state index is 0.224. The van der Waals surface area contributed by atoms with E-state index < -0.39 is 0 Å². The van der Waals surface area contributed by atoms with E-state index in [0.717, 1.165) is 32.7 Å². The first-order valence-electron chi connectivity index (χ1n) is 7.88. The number of methoxy groups -OCH3 is 1. The lowest BCUT2D eigenvalue weighted by molar-refractivity contribution is -0.0332. The molecule has 1 aliphatic carbocycles. The Balaban J connectivity index is 1.46. The molecule has 4 nitrogen and oxygen atoms in total. The van der Waals surface area contributed by atoms with Crippen molar-refractivity contribution in [1.82, 2.24) is 4.90 Å². The fraction of sp³-hybridized carbons (Fsp3) is 0.647. The monoisotopic (exact) mass is 291 g/mol. The van der Waals surface area contributed by atoms with Gasteiger partial charge in [0.25, 0.3) is 0 Å². The van der Waals surface area contributed by atoms with Crippen LogP contribution >= 0.6 is 0 Å². The zero-order valence-corrected chi connectivity index (χ0v) is 12.7. The summed E-state index contributed by atoms with van der Waals surface area (Å²) in [5.41, 5.74) is 1.23. The van der Waals surface area contributed by atoms with Crippen molar-refractivity contribution in [1.29, 1.82) is 0 Å². The molecule has 1 aromatic rings. The molecule has 0 amide bonds. The summed E-state index contributed by atoms with van der Waals surface area (Å²) in [5, 5.41) is 0. The van der Waals surface area contributed by atoms with E-state index in [4.69, 9.17) is 14.2 Å². The summed E-state index contributed by atoms with van der Waals surface area (Å²) in [6.07, 6.45) is 2.80. The lowest BCUT2D eigenvalue weighted by atomic mass is 10.1. The van der Waals surface area contributed by atoms with Crippen molar-refractivity contribution in [3.63, 3.8) is 0 Å². The molecule has 1 heterocycles. The molecule has 21 heavy (non-hydrogen) atoms. The average Bonchev–Trinajstić information content (AvgIpc) is 2.83. The second-order valence-corrected chi connectivity index (χ2v) is 5.83. The minimum atomic E-state index is 0.224. The van der Waals surface area contributed by atoms with Gasteiger partial charge in [0.15, 0.2) is 0 Å². The Bertz CT molecular complexity index is 425. The topological polar surface area (TPSA) is 30.9 Å². The van der Waals surface area contributed by atoms with Crippen LogP contribution in [-0.2, 0) is 20.8 Å². The van der Waals surface area contributed by atoms with Crippen LogP contribution in [0.15, 0.2) is 30.3 Å². The van der Waals surface area contributed by atoms with E-state index in [1.165, 1.54) is 12.0 Å². The highest BCUT2D eigenvalue weighted by atomic mass is 16.5. The van der Waals surface area contributed by atoms with Gasteiger partial charge in [-0.15, -0.1) is 0 Å². The number of hydrogen-bond donors (Lipinski definition) is 0. The summed E-state index contributed by atoms with van der Waals surface area (Å²) in [4.78, 5) is 2.48. The minimum Gasteiger partial charge on any atom is -0.377 e. The lowest BCUT2D eigenvalue weighted by Gasteiger charge is -2.30. The van der Waals surface area contributed by atoms with Gasteiger partial charge >= 0.3 is 0 Å². The third-order valence-electron chi connectivity index (χ3n) is 4.58. The molecule has 0 N–H and O–H groups in total. The molecule has 1 aliphatic heterocycles. The van der Waals surface area contributed by atoms with Gasteiger partial charge in [-0.25, -0.2) is 0 Å². The molecule has 2 bridgehead atoms. The maximum atomic E-state index is 5.90. The smallest absolute Gasteiger partial charge is 0.0987 e. The quantitative estimate of drug-likeness (QED) is 0.751. The first-order valence-corrected chi connectivity index (χ1v) is 7.88. The summed E-state index contributed by atoms with van der Waals surface area (Å²) >= 11 is 0. The predicted molar refractivity (Wildman–Crippen MR) is 81.2 cm³/mol. The van der Waals surface area contributed by atoms with Crippen LogP contribution in [0.5, 0.6) is 0 Å². The molecular weight excluding hydrogens is 266 g/mol. The van der Waals surface area contributed by atoms with Gasteiger partial charge in [0.2, 0.25) is 0 Å². The Morgan fingerprint density at radius 1 is 1.24 bits per heavy atom. The van der Waals surface area contributed by atoms with E-state index in [-0.39, 0.29) is 12.2 Å². The Labute approximate surface area is 127 Å². The maximum Gasteiger partial charge on any atom is 0.0987 e. The highest BCUT2D eigenvalue weighted by molar-refractivity contribution is 5.13. The second-order valence-electron chi connectivity index (χ2n) is 5.83. The fourth-order valence-electron chi connectivity index (χ4n) is 3.50. The van der Waals surface area contributed by atoms with Crippen molar-refractivity contribution in [3.8, 4) is 0 Å². The Kier molecular flexibility index (Phi) is 5.25. The zero-order valence-electron chi connectivity index (χ0n) is 12.7. The van der Waals surface area contributed by atoms with Crippen molar-refractivity contribution >= 4 is 0 Å². The molecule has 0 radical (unpaired) electrons. The largest absolute Gasteiger partial charge is 0.377 e. The van der Waals surface area contributed by atoms with Crippen LogP contribution in [0.4, 0.5) is 0 Å². The van der Waals surface area contributed by atoms with Gasteiger partial charge in [-0.1, -0.05) is 30.3 Å². The third kappa shape index (κ3) is 3.64. The van der Waals surface area contributed by atoms with E-state index in [0.29, 0.717) is 12.6 Å². The van der Waals surface area contributed by atoms with E-state index in [9.17, 15) is 0 Å². The van der Waals surface area contributed by atoms with Gasteiger partial charge in [-0.3, -0.25) is 4.90 Å². The highest BCUT2D eigenvalue weighted by Gasteiger charge is 2.42. The van der Waals surface area contributed by atoms with E-state index in [1.807, 2.05) is 18.2 Å². The van der Waals surface area contributed by atoms with E-state index >= 15 is 0 Å². The first-order chi connectivity index (χ1) is 10.4. The fourth-order valence-corrected chi connectivity index (χ4v) is 3.50. The number of nitrogens with zero attached hydrogens (tertiary/aromatic N) is 1. The van der Waals surface area contributed by atoms with Crippen molar-refractivity contribution in [2.24, 2.45) is 0 Å². The molecule has 3 atom stereocenters. The molecule has 0 spiro atoms. The number of rotatable bonds is 6. The van der Waals surface area contributed by atoms with Crippen LogP contribution in [0.2, 0.25) is 0 Å². The molecule has 2 aliphatic rings. The van der Waals surface area contributed by atoms with E-state index in [2.05, 4.69) is 17.0 Å². The summed E-state index contributed by atoms with van der Waals surface area (Å²) in [7, 11) is 1.80. The molecule has 0 unspecified atom stereocenters. The molecular formula is C17H25NO3. The molecule has 4 heteroatoms. The number of fused-ring (bicyclic) bond motifs is 2. The van der Waals surface area contributed by atoms with Crippen LogP contribution < -0.4 is 0 Å². The van der Waals surface area contributed by atoms with Gasteiger partial charge in [-0.05, 0) is 18.4 Å². The van der Waals surface area contributed by atoms with Crippen molar-refractivity contribution in [2.45, 2.75) is 37.7 Å². The highest BCUT2D eigenvalue weighted by Crippen LogP contribution is 2.31. The average molecular weight is 291 g/mol. The van der Waals surface area contributed by atoms with Crippen LogP contribution in [-0.4, -0.2) is 56.6 Å². The van der Waals surface area contributed by atoms with Gasteiger partial charge in [0, 0.05) is 26.2 Å². The van der Waals surface area contributed by atoms with Crippen LogP contribution in [0.25, 0.3) is 0 Å². The van der Waals surface area contributed by atoms with Crippen LogP contribution in [0.1, 0.15) is 18.4 Å². The van der Waals surface area contributed by atoms with E-state index in [1.54, 1.807) is 7.11 Å². The Morgan fingerprint density at radius 2 is 2.10 bits per heavy atom. The normalized spacial score (nSPS) is 29.5. The zero-order chi connectivity index (χ0) is 14.5. The molecule has 0 aromatic heterocycles. The molecule has 116 valence electrons. The molecule has 1 saturated heterocycles. The summed E-state index contributed by atoms with van der Waals surface area (Å²) < 4.78 is 17.4. The van der Waals surface area contributed by atoms with Gasteiger partial charge in [0.1, 0.15) is 0 Å². The standard InChI is InChI=1S/C17H25NO3/c1-19-17-15-7-8-16(17)21-12-10-18(15)9-11-20-13-14-5-3-2-4-6-14/h2-6,15-17H,7-13H2,1H3/t15-,16-,17-/m1/s1.